The van der Waals surface area contributed by atoms with Gasteiger partial charge in [-0.25, -0.2) is 13.2 Å². The number of nitrogens with zero attached hydrogens (tertiary/aromatic N) is 1. The van der Waals surface area contributed by atoms with E-state index >= 15 is 0 Å². The molecule has 0 spiro atoms. The van der Waals surface area contributed by atoms with Crippen molar-refractivity contribution in [3.63, 3.8) is 0 Å². The van der Waals surface area contributed by atoms with Gasteiger partial charge >= 0.3 is 5.97 Å². The van der Waals surface area contributed by atoms with Crippen molar-refractivity contribution < 1.29 is 18.3 Å². The molecule has 0 saturated carbocycles. The van der Waals surface area contributed by atoms with Crippen molar-refractivity contribution in [1.29, 1.82) is 0 Å². The molecule has 0 saturated heterocycles. The van der Waals surface area contributed by atoms with Crippen molar-refractivity contribution in [2.75, 3.05) is 12.0 Å². The smallest absolute Gasteiger partial charge is 0.326 e. The molecule has 1 aromatic rings. The first-order chi connectivity index (χ1) is 6.90. The molecule has 0 aliphatic heterocycles. The van der Waals surface area contributed by atoms with Crippen LogP contribution in [0.15, 0.2) is 24.5 Å². The maximum Gasteiger partial charge on any atom is 0.326 e. The summed E-state index contributed by atoms with van der Waals surface area (Å²) in [5.41, 5.74) is 0. The quantitative estimate of drug-likeness (QED) is 0.802. The summed E-state index contributed by atoms with van der Waals surface area (Å²) in [6.45, 7) is 0. The van der Waals surface area contributed by atoms with Gasteiger partial charge in [0.15, 0.2) is 0 Å². The molecule has 0 aromatic carbocycles. The summed E-state index contributed by atoms with van der Waals surface area (Å²) in [7, 11) is -3.12. The Hall–Kier alpha value is -1.30. The number of carbonyl (C=O) groups is 1. The SMILES string of the molecule is CS(=O)(=O)CCC(C(=O)O)n1cccc1. The van der Waals surface area contributed by atoms with Crippen LogP contribution in [0.1, 0.15) is 12.5 Å². The predicted octanol–water partition coefficient (Wildman–Crippen LogP) is 0.548. The van der Waals surface area contributed by atoms with Crippen molar-refractivity contribution in [2.24, 2.45) is 0 Å². The lowest BCUT2D eigenvalue weighted by Gasteiger charge is -2.13. The molecule has 84 valence electrons. The van der Waals surface area contributed by atoms with E-state index in [0.717, 1.165) is 6.26 Å². The first kappa shape index (κ1) is 11.8. The van der Waals surface area contributed by atoms with Crippen molar-refractivity contribution in [1.82, 2.24) is 4.57 Å². The Bertz CT molecular complexity index is 421. The van der Waals surface area contributed by atoms with E-state index in [1.807, 2.05) is 0 Å². The van der Waals surface area contributed by atoms with Gasteiger partial charge in [-0.2, -0.15) is 0 Å². The van der Waals surface area contributed by atoms with Crippen LogP contribution in [0, 0.1) is 0 Å². The zero-order valence-corrected chi connectivity index (χ0v) is 9.14. The topological polar surface area (TPSA) is 76.4 Å². The molecule has 15 heavy (non-hydrogen) atoms. The van der Waals surface area contributed by atoms with Gasteiger partial charge in [0, 0.05) is 18.6 Å². The van der Waals surface area contributed by atoms with Crippen LogP contribution in [0.25, 0.3) is 0 Å². The fourth-order valence-corrected chi connectivity index (χ4v) is 1.93. The lowest BCUT2D eigenvalue weighted by Crippen LogP contribution is -2.21. The minimum atomic E-state index is -3.12. The Kier molecular flexibility index (Phi) is 3.52. The van der Waals surface area contributed by atoms with E-state index in [4.69, 9.17) is 5.11 Å². The molecule has 1 N–H and O–H groups in total. The van der Waals surface area contributed by atoms with Crippen LogP contribution in [0.3, 0.4) is 0 Å². The van der Waals surface area contributed by atoms with E-state index in [-0.39, 0.29) is 12.2 Å². The third-order valence-electron chi connectivity index (χ3n) is 2.03. The predicted molar refractivity (Wildman–Crippen MR) is 55.4 cm³/mol. The van der Waals surface area contributed by atoms with Gasteiger partial charge in [-0.15, -0.1) is 0 Å². The molecule has 6 heteroatoms. The van der Waals surface area contributed by atoms with Gasteiger partial charge in [0.25, 0.3) is 0 Å². The minimum Gasteiger partial charge on any atom is -0.480 e. The van der Waals surface area contributed by atoms with E-state index < -0.39 is 21.8 Å². The molecule has 0 fully saturated rings. The molecule has 0 amide bonds. The van der Waals surface area contributed by atoms with Crippen molar-refractivity contribution >= 4 is 15.8 Å². The molecule has 1 aromatic heterocycles. The molecule has 0 aliphatic carbocycles. The fourth-order valence-electron chi connectivity index (χ4n) is 1.28. The molecule has 1 unspecified atom stereocenters. The van der Waals surface area contributed by atoms with Crippen LogP contribution in [0.4, 0.5) is 0 Å². The standard InChI is InChI=1S/C9H13NO4S/c1-15(13,14)7-4-8(9(11)12)10-5-2-3-6-10/h2-3,5-6,8H,4,7H2,1H3,(H,11,12). The number of carboxylic acid groups (broad SMARTS) is 1. The second kappa shape index (κ2) is 4.48. The highest BCUT2D eigenvalue weighted by molar-refractivity contribution is 7.90. The summed E-state index contributed by atoms with van der Waals surface area (Å²) in [5.74, 6) is -1.14. The summed E-state index contributed by atoms with van der Waals surface area (Å²) in [4.78, 5) is 10.9. The highest BCUT2D eigenvalue weighted by Gasteiger charge is 2.20. The summed E-state index contributed by atoms with van der Waals surface area (Å²) in [6.07, 6.45) is 4.41. The first-order valence-electron chi connectivity index (χ1n) is 4.43. The molecule has 0 radical (unpaired) electrons. The van der Waals surface area contributed by atoms with Gasteiger partial charge in [-0.1, -0.05) is 0 Å². The highest BCUT2D eigenvalue weighted by Crippen LogP contribution is 2.13. The molecule has 1 heterocycles. The van der Waals surface area contributed by atoms with Gasteiger partial charge in [0.1, 0.15) is 15.9 Å². The lowest BCUT2D eigenvalue weighted by molar-refractivity contribution is -0.140. The number of carboxylic acids is 1. The highest BCUT2D eigenvalue weighted by atomic mass is 32.2. The van der Waals surface area contributed by atoms with Crippen LogP contribution >= 0.6 is 0 Å². The van der Waals surface area contributed by atoms with Crippen LogP contribution in [0.5, 0.6) is 0 Å². The second-order valence-corrected chi connectivity index (χ2v) is 5.66. The summed E-state index contributed by atoms with van der Waals surface area (Å²) < 4.78 is 23.3. The summed E-state index contributed by atoms with van der Waals surface area (Å²) >= 11 is 0. The molecule has 1 atom stereocenters. The lowest BCUT2D eigenvalue weighted by atomic mass is 10.2. The maximum absolute atomic E-state index is 10.9. The molecular formula is C9H13NO4S. The third kappa shape index (κ3) is 3.75. The maximum atomic E-state index is 10.9. The zero-order valence-electron chi connectivity index (χ0n) is 8.33. The number of hydrogen-bond donors (Lipinski definition) is 1. The zero-order chi connectivity index (χ0) is 11.5. The Morgan fingerprint density at radius 2 is 1.93 bits per heavy atom. The first-order valence-corrected chi connectivity index (χ1v) is 6.49. The van der Waals surface area contributed by atoms with E-state index in [1.165, 1.54) is 4.57 Å². The van der Waals surface area contributed by atoms with E-state index in [9.17, 15) is 13.2 Å². The Balaban J connectivity index is 2.73. The van der Waals surface area contributed by atoms with Crippen LogP contribution < -0.4 is 0 Å². The van der Waals surface area contributed by atoms with Crippen molar-refractivity contribution in [2.45, 2.75) is 12.5 Å². The third-order valence-corrected chi connectivity index (χ3v) is 3.01. The van der Waals surface area contributed by atoms with Crippen molar-refractivity contribution in [3.05, 3.63) is 24.5 Å². The average Bonchev–Trinajstić information content (AvgIpc) is 2.54. The summed E-state index contributed by atoms with van der Waals surface area (Å²) in [6, 6.07) is 2.60. The monoisotopic (exact) mass is 231 g/mol. The van der Waals surface area contributed by atoms with Gasteiger partial charge in [-0.3, -0.25) is 0 Å². The Labute approximate surface area is 88.3 Å². The van der Waals surface area contributed by atoms with Gasteiger partial charge in [-0.05, 0) is 18.6 Å². The molecule has 5 nitrogen and oxygen atoms in total. The molecule has 0 aliphatic rings. The van der Waals surface area contributed by atoms with E-state index in [2.05, 4.69) is 0 Å². The number of hydrogen-bond acceptors (Lipinski definition) is 3. The minimum absolute atomic E-state index is 0.0862. The van der Waals surface area contributed by atoms with E-state index in [0.29, 0.717) is 0 Å². The van der Waals surface area contributed by atoms with Gasteiger partial charge in [0.2, 0.25) is 0 Å². The normalized spacial score (nSPS) is 13.7. The number of aliphatic carboxylic acids is 1. The largest absolute Gasteiger partial charge is 0.480 e. The van der Waals surface area contributed by atoms with Crippen LogP contribution in [0.2, 0.25) is 0 Å². The van der Waals surface area contributed by atoms with Crippen molar-refractivity contribution in [3.8, 4) is 0 Å². The molecule has 0 bridgehead atoms. The molecule has 1 rings (SSSR count). The Morgan fingerprint density at radius 3 is 2.33 bits per heavy atom. The molecular weight excluding hydrogens is 218 g/mol. The fraction of sp³-hybridized carbons (Fsp3) is 0.444. The number of rotatable bonds is 5. The van der Waals surface area contributed by atoms with E-state index in [1.54, 1.807) is 24.5 Å². The number of sulfone groups is 1. The van der Waals surface area contributed by atoms with Crippen LogP contribution in [-0.4, -0.2) is 36.1 Å². The van der Waals surface area contributed by atoms with Crippen LogP contribution in [-0.2, 0) is 14.6 Å². The second-order valence-electron chi connectivity index (χ2n) is 3.40. The Morgan fingerprint density at radius 1 is 1.40 bits per heavy atom. The van der Waals surface area contributed by atoms with Gasteiger partial charge in [0.05, 0.1) is 5.75 Å². The van der Waals surface area contributed by atoms with Gasteiger partial charge < -0.3 is 9.67 Å². The average molecular weight is 231 g/mol. The summed E-state index contributed by atoms with van der Waals surface area (Å²) in [5, 5.41) is 8.93. The number of aromatic nitrogens is 1.